The van der Waals surface area contributed by atoms with E-state index in [1.807, 2.05) is 36.1 Å². The first-order chi connectivity index (χ1) is 11.5. The van der Waals surface area contributed by atoms with Crippen molar-refractivity contribution < 1.29 is 9.53 Å². The number of nitrogens with zero attached hydrogens (tertiary/aromatic N) is 3. The first-order valence-corrected chi connectivity index (χ1v) is 8.18. The van der Waals surface area contributed by atoms with Crippen LogP contribution in [0.3, 0.4) is 0 Å². The van der Waals surface area contributed by atoms with Gasteiger partial charge >= 0.3 is 0 Å². The maximum absolute atomic E-state index is 13.2. The lowest BCUT2D eigenvalue weighted by molar-refractivity contribution is 0.0518. The molecule has 2 aromatic rings. The van der Waals surface area contributed by atoms with Crippen LogP contribution < -0.4 is 10.5 Å². The lowest BCUT2D eigenvalue weighted by atomic mass is 10.0. The van der Waals surface area contributed by atoms with Crippen LogP contribution in [0.2, 0.25) is 0 Å². The third-order valence-corrected chi connectivity index (χ3v) is 4.59. The summed E-state index contributed by atoms with van der Waals surface area (Å²) in [5.41, 5.74) is 8.20. The molecule has 144 valence electrons. The summed E-state index contributed by atoms with van der Waals surface area (Å²) in [5.74, 6) is 0.734. The first kappa shape index (κ1) is 22.4. The second kappa shape index (κ2) is 9.37. The number of benzene rings is 1. The Labute approximate surface area is 166 Å². The Morgan fingerprint density at radius 2 is 2.04 bits per heavy atom. The molecule has 1 unspecified atom stereocenters. The van der Waals surface area contributed by atoms with Crippen molar-refractivity contribution in [2.45, 2.75) is 13.0 Å². The number of ether oxygens (including phenoxy) is 1. The maximum Gasteiger partial charge on any atom is 0.254 e. The van der Waals surface area contributed by atoms with Gasteiger partial charge in [0, 0.05) is 37.3 Å². The zero-order valence-electron chi connectivity index (χ0n) is 15.3. The molecule has 3 rings (SSSR count). The molecule has 2 N–H and O–H groups in total. The Morgan fingerprint density at radius 1 is 1.31 bits per heavy atom. The Balaban J connectivity index is 0.00000169. The highest BCUT2D eigenvalue weighted by Gasteiger charge is 2.29. The molecule has 1 aromatic heterocycles. The van der Waals surface area contributed by atoms with Gasteiger partial charge in [-0.05, 0) is 38.2 Å². The molecule has 1 atom stereocenters. The van der Waals surface area contributed by atoms with E-state index in [0.29, 0.717) is 18.7 Å². The van der Waals surface area contributed by atoms with Gasteiger partial charge in [-0.3, -0.25) is 9.78 Å². The molecule has 6 nitrogen and oxygen atoms in total. The van der Waals surface area contributed by atoms with Gasteiger partial charge in [-0.25, -0.2) is 0 Å². The van der Waals surface area contributed by atoms with Crippen LogP contribution >= 0.6 is 24.8 Å². The van der Waals surface area contributed by atoms with Crippen molar-refractivity contribution in [3.05, 3.63) is 35.5 Å². The minimum absolute atomic E-state index is 0. The Hall–Kier alpha value is -1.60. The summed E-state index contributed by atoms with van der Waals surface area (Å²) in [4.78, 5) is 21.9. The smallest absolute Gasteiger partial charge is 0.254 e. The highest BCUT2D eigenvalue weighted by molar-refractivity contribution is 6.06. The van der Waals surface area contributed by atoms with Crippen LogP contribution in [0.15, 0.2) is 24.3 Å². The second-order valence-corrected chi connectivity index (χ2v) is 6.34. The molecule has 1 aliphatic rings. The summed E-state index contributed by atoms with van der Waals surface area (Å²) in [6.45, 7) is 4.71. The highest BCUT2D eigenvalue weighted by atomic mass is 35.5. The van der Waals surface area contributed by atoms with Gasteiger partial charge < -0.3 is 20.3 Å². The molecule has 26 heavy (non-hydrogen) atoms. The van der Waals surface area contributed by atoms with Crippen LogP contribution in [0.5, 0.6) is 5.75 Å². The van der Waals surface area contributed by atoms with Crippen molar-refractivity contribution in [1.29, 1.82) is 0 Å². The van der Waals surface area contributed by atoms with Gasteiger partial charge in [0.05, 0.1) is 24.2 Å². The predicted octanol–water partition coefficient (Wildman–Crippen LogP) is 2.11. The zero-order chi connectivity index (χ0) is 17.3. The molecule has 0 aliphatic carbocycles. The van der Waals surface area contributed by atoms with Crippen molar-refractivity contribution in [2.75, 3.05) is 40.3 Å². The molecule has 0 spiro atoms. The monoisotopic (exact) mass is 400 g/mol. The standard InChI is InChI=1S/C18H24N4O2.2ClH/c1-12-8-16(15-9-14(24-3)4-5-17(15)20-12)18(23)22-7-6-21(2)11-13(22)10-19;;/h4-5,8-9,13H,6-7,10-11,19H2,1-3H3;2*1H. The average molecular weight is 401 g/mol. The van der Waals surface area contributed by atoms with E-state index in [1.165, 1.54) is 0 Å². The third kappa shape index (κ3) is 4.38. The largest absolute Gasteiger partial charge is 0.497 e. The number of amides is 1. The Kier molecular flexibility index (Phi) is 8.09. The molecule has 1 fully saturated rings. The lowest BCUT2D eigenvalue weighted by Gasteiger charge is -2.39. The van der Waals surface area contributed by atoms with Crippen LogP contribution in [0.4, 0.5) is 0 Å². The number of nitrogens with two attached hydrogens (primary N) is 1. The number of halogens is 2. The number of methoxy groups -OCH3 is 1. The van der Waals surface area contributed by atoms with Gasteiger partial charge in [-0.15, -0.1) is 24.8 Å². The predicted molar refractivity (Wildman–Crippen MR) is 109 cm³/mol. The Morgan fingerprint density at radius 3 is 2.69 bits per heavy atom. The molecule has 0 saturated carbocycles. The summed E-state index contributed by atoms with van der Waals surface area (Å²) in [7, 11) is 3.68. The minimum Gasteiger partial charge on any atom is -0.497 e. The number of carbonyl (C=O) groups excluding carboxylic acids is 1. The number of carbonyl (C=O) groups is 1. The maximum atomic E-state index is 13.2. The van der Waals surface area contributed by atoms with Crippen molar-refractivity contribution in [1.82, 2.24) is 14.8 Å². The van der Waals surface area contributed by atoms with E-state index in [9.17, 15) is 4.79 Å². The van der Waals surface area contributed by atoms with Crippen LogP contribution in [0.25, 0.3) is 10.9 Å². The molecule has 2 heterocycles. The number of rotatable bonds is 3. The number of hydrogen-bond acceptors (Lipinski definition) is 5. The van der Waals surface area contributed by atoms with Crippen molar-refractivity contribution in [3.63, 3.8) is 0 Å². The SMILES string of the molecule is COc1ccc2nc(C)cc(C(=O)N3CCN(C)CC3CN)c2c1.Cl.Cl. The Bertz CT molecular complexity index is 772. The van der Waals surface area contributed by atoms with Crippen LogP contribution in [0.1, 0.15) is 16.1 Å². The number of likely N-dealkylation sites (N-methyl/N-ethyl adjacent to an activating group) is 1. The number of pyridine rings is 1. The molecule has 1 aliphatic heterocycles. The number of aryl methyl sites for hydroxylation is 1. The fourth-order valence-electron chi connectivity index (χ4n) is 3.28. The summed E-state index contributed by atoms with van der Waals surface area (Å²) >= 11 is 0. The van der Waals surface area contributed by atoms with Crippen molar-refractivity contribution in [2.24, 2.45) is 5.73 Å². The van der Waals surface area contributed by atoms with E-state index in [-0.39, 0.29) is 36.8 Å². The molecule has 8 heteroatoms. The fourth-order valence-corrected chi connectivity index (χ4v) is 3.28. The summed E-state index contributed by atoms with van der Waals surface area (Å²) in [6, 6.07) is 7.52. The van der Waals surface area contributed by atoms with Crippen LogP contribution in [-0.2, 0) is 0 Å². The molecular formula is C18H26Cl2N4O2. The fraction of sp³-hybridized carbons (Fsp3) is 0.444. The number of fused-ring (bicyclic) bond motifs is 1. The minimum atomic E-state index is 0. The van der Waals surface area contributed by atoms with Crippen molar-refractivity contribution >= 4 is 41.6 Å². The van der Waals surface area contributed by atoms with Gasteiger partial charge in [0.25, 0.3) is 5.91 Å². The van der Waals surface area contributed by atoms with Crippen LogP contribution in [-0.4, -0.2) is 67.1 Å². The van der Waals surface area contributed by atoms with Gasteiger partial charge in [-0.2, -0.15) is 0 Å². The molecule has 1 aromatic carbocycles. The van der Waals surface area contributed by atoms with E-state index in [4.69, 9.17) is 10.5 Å². The molecule has 0 radical (unpaired) electrons. The molecule has 1 saturated heterocycles. The zero-order valence-corrected chi connectivity index (χ0v) is 16.9. The van der Waals surface area contributed by atoms with Gasteiger partial charge in [-0.1, -0.05) is 0 Å². The summed E-state index contributed by atoms with van der Waals surface area (Å²) in [5, 5.41) is 0.819. The van der Waals surface area contributed by atoms with Crippen molar-refractivity contribution in [3.8, 4) is 5.75 Å². The van der Waals surface area contributed by atoms with E-state index >= 15 is 0 Å². The second-order valence-electron chi connectivity index (χ2n) is 6.34. The van der Waals surface area contributed by atoms with Gasteiger partial charge in [0.15, 0.2) is 0 Å². The number of hydrogen-bond donors (Lipinski definition) is 1. The average Bonchev–Trinajstić information content (AvgIpc) is 2.59. The summed E-state index contributed by atoms with van der Waals surface area (Å²) < 4.78 is 5.31. The van der Waals surface area contributed by atoms with Gasteiger partial charge in [0.1, 0.15) is 5.75 Å². The topological polar surface area (TPSA) is 71.7 Å². The summed E-state index contributed by atoms with van der Waals surface area (Å²) in [6.07, 6.45) is 0. The van der Waals surface area contributed by atoms with E-state index in [2.05, 4.69) is 16.9 Å². The normalized spacial score (nSPS) is 17.4. The molecular weight excluding hydrogens is 375 g/mol. The quantitative estimate of drug-likeness (QED) is 0.853. The molecule has 1 amide bonds. The van der Waals surface area contributed by atoms with Crippen LogP contribution in [0, 0.1) is 6.92 Å². The van der Waals surface area contributed by atoms with E-state index < -0.39 is 0 Å². The number of aromatic nitrogens is 1. The van der Waals surface area contributed by atoms with E-state index in [1.54, 1.807) is 7.11 Å². The third-order valence-electron chi connectivity index (χ3n) is 4.59. The lowest BCUT2D eigenvalue weighted by Crippen LogP contribution is -2.56. The first-order valence-electron chi connectivity index (χ1n) is 8.18. The molecule has 0 bridgehead atoms. The van der Waals surface area contributed by atoms with Gasteiger partial charge in [0.2, 0.25) is 0 Å². The van der Waals surface area contributed by atoms with E-state index in [0.717, 1.165) is 35.4 Å². The number of piperazine rings is 1. The highest BCUT2D eigenvalue weighted by Crippen LogP contribution is 2.25.